The third-order valence-electron chi connectivity index (χ3n) is 4.57. The molecule has 6 nitrogen and oxygen atoms in total. The lowest BCUT2D eigenvalue weighted by molar-refractivity contribution is -0.137. The maximum absolute atomic E-state index is 13.4. The third-order valence-corrected chi connectivity index (χ3v) is 4.94. The van der Waals surface area contributed by atoms with Crippen LogP contribution in [-0.2, 0) is 22.2 Å². The van der Waals surface area contributed by atoms with Crippen molar-refractivity contribution in [3.8, 4) is 6.07 Å². The lowest BCUT2D eigenvalue weighted by Crippen LogP contribution is -2.25. The number of nitrogens with zero attached hydrogens (tertiary/aromatic N) is 3. The van der Waals surface area contributed by atoms with E-state index in [9.17, 15) is 22.8 Å². The lowest BCUT2D eigenvalue weighted by Gasteiger charge is -2.22. The van der Waals surface area contributed by atoms with Crippen molar-refractivity contribution in [1.29, 1.82) is 5.26 Å². The summed E-state index contributed by atoms with van der Waals surface area (Å²) < 4.78 is 40.1. The Labute approximate surface area is 192 Å². The number of amides is 2. The number of nitriles is 1. The molecule has 1 aromatic heterocycles. The molecule has 0 fully saturated rings. The fraction of sp³-hybridized carbons (Fsp3) is 0.130. The Bertz CT molecular complexity index is 1250. The van der Waals surface area contributed by atoms with Gasteiger partial charge in [0.05, 0.1) is 29.3 Å². The summed E-state index contributed by atoms with van der Waals surface area (Å²) >= 11 is 6.07. The molecule has 0 atom stereocenters. The van der Waals surface area contributed by atoms with Gasteiger partial charge in [-0.15, -0.1) is 0 Å². The molecular weight excluding hydrogens is 457 g/mol. The Kier molecular flexibility index (Phi) is 6.99. The molecule has 3 aromatic rings. The SMILES string of the molecule is CC(=O)N(c1ccc(C#N)c(C(F)(F)F)c1)c1cc(NC(=O)Cc2ccccc2Cl)ccn1. The van der Waals surface area contributed by atoms with Crippen molar-refractivity contribution in [2.24, 2.45) is 0 Å². The highest BCUT2D eigenvalue weighted by atomic mass is 35.5. The van der Waals surface area contributed by atoms with Crippen LogP contribution < -0.4 is 10.2 Å². The second-order valence-electron chi connectivity index (χ2n) is 6.91. The summed E-state index contributed by atoms with van der Waals surface area (Å²) in [5.41, 5.74) is -0.955. The van der Waals surface area contributed by atoms with Gasteiger partial charge in [0.2, 0.25) is 11.8 Å². The number of carbonyl (C=O) groups is 2. The van der Waals surface area contributed by atoms with Gasteiger partial charge in [-0.05, 0) is 35.9 Å². The highest BCUT2D eigenvalue weighted by molar-refractivity contribution is 6.31. The average Bonchev–Trinajstić information content (AvgIpc) is 2.75. The molecule has 3 rings (SSSR count). The van der Waals surface area contributed by atoms with E-state index in [2.05, 4.69) is 10.3 Å². The van der Waals surface area contributed by atoms with Crippen LogP contribution in [0.2, 0.25) is 5.02 Å². The summed E-state index contributed by atoms with van der Waals surface area (Å²) in [7, 11) is 0. The highest BCUT2D eigenvalue weighted by Gasteiger charge is 2.34. The molecule has 33 heavy (non-hydrogen) atoms. The fourth-order valence-corrected chi connectivity index (χ4v) is 3.32. The summed E-state index contributed by atoms with van der Waals surface area (Å²) in [6.45, 7) is 1.16. The number of alkyl halides is 3. The van der Waals surface area contributed by atoms with E-state index in [4.69, 9.17) is 16.9 Å². The summed E-state index contributed by atoms with van der Waals surface area (Å²) in [6.07, 6.45) is -3.48. The molecule has 0 saturated carbocycles. The van der Waals surface area contributed by atoms with Crippen molar-refractivity contribution in [1.82, 2.24) is 4.98 Å². The van der Waals surface area contributed by atoms with Gasteiger partial charge < -0.3 is 5.32 Å². The topological polar surface area (TPSA) is 86.1 Å². The van der Waals surface area contributed by atoms with E-state index in [1.165, 1.54) is 30.5 Å². The lowest BCUT2D eigenvalue weighted by atomic mass is 10.1. The molecule has 2 aromatic carbocycles. The van der Waals surface area contributed by atoms with E-state index < -0.39 is 23.2 Å². The Morgan fingerprint density at radius 1 is 1.15 bits per heavy atom. The van der Waals surface area contributed by atoms with E-state index in [1.807, 2.05) is 0 Å². The normalized spacial score (nSPS) is 10.9. The number of hydrogen-bond donors (Lipinski definition) is 1. The Morgan fingerprint density at radius 2 is 1.88 bits per heavy atom. The predicted molar refractivity (Wildman–Crippen MR) is 117 cm³/mol. The third kappa shape index (κ3) is 5.67. The molecule has 0 saturated heterocycles. The van der Waals surface area contributed by atoms with Crippen LogP contribution in [0, 0.1) is 11.3 Å². The zero-order valence-electron chi connectivity index (χ0n) is 17.2. The molecule has 0 unspecified atom stereocenters. The van der Waals surface area contributed by atoms with Crippen molar-refractivity contribution >= 4 is 40.6 Å². The van der Waals surface area contributed by atoms with Gasteiger partial charge in [-0.25, -0.2) is 4.98 Å². The first-order valence-corrected chi connectivity index (χ1v) is 9.89. The molecule has 0 aliphatic heterocycles. The van der Waals surface area contributed by atoms with Crippen LogP contribution in [0.15, 0.2) is 60.8 Å². The van der Waals surface area contributed by atoms with Crippen molar-refractivity contribution < 1.29 is 22.8 Å². The number of anilines is 3. The molecule has 0 bridgehead atoms. The molecule has 1 N–H and O–H groups in total. The molecule has 0 aliphatic rings. The smallest absolute Gasteiger partial charge is 0.326 e. The Morgan fingerprint density at radius 3 is 2.52 bits per heavy atom. The van der Waals surface area contributed by atoms with Gasteiger partial charge in [0.25, 0.3) is 0 Å². The van der Waals surface area contributed by atoms with Crippen LogP contribution >= 0.6 is 11.6 Å². The minimum Gasteiger partial charge on any atom is -0.326 e. The standard InChI is InChI=1S/C23H16ClF3N4O2/c1-14(32)31(18-7-6-16(13-28)19(12-18)23(25,26)27)21-11-17(8-9-29-21)30-22(33)10-15-4-2-3-5-20(15)24/h2-9,11-12H,10H2,1H3,(H,29,30,33). The van der Waals surface area contributed by atoms with Gasteiger partial charge in [-0.3, -0.25) is 14.5 Å². The molecule has 0 radical (unpaired) electrons. The van der Waals surface area contributed by atoms with Crippen LogP contribution in [-0.4, -0.2) is 16.8 Å². The van der Waals surface area contributed by atoms with E-state index in [0.717, 1.165) is 17.9 Å². The van der Waals surface area contributed by atoms with Crippen molar-refractivity contribution in [2.45, 2.75) is 19.5 Å². The molecular formula is C23H16ClF3N4O2. The van der Waals surface area contributed by atoms with Gasteiger partial charge in [0.15, 0.2) is 0 Å². The van der Waals surface area contributed by atoms with Gasteiger partial charge >= 0.3 is 6.18 Å². The van der Waals surface area contributed by atoms with Crippen molar-refractivity contribution in [3.05, 3.63) is 82.5 Å². The second-order valence-corrected chi connectivity index (χ2v) is 7.32. The number of rotatable bonds is 5. The molecule has 2 amide bonds. The zero-order chi connectivity index (χ0) is 24.2. The Hall–Kier alpha value is -3.90. The highest BCUT2D eigenvalue weighted by Crippen LogP contribution is 2.36. The number of pyridine rings is 1. The van der Waals surface area contributed by atoms with Gasteiger partial charge in [0, 0.05) is 29.9 Å². The summed E-state index contributed by atoms with van der Waals surface area (Å²) in [5, 5.41) is 12.1. The Balaban J connectivity index is 1.91. The van der Waals surface area contributed by atoms with Gasteiger partial charge in [-0.2, -0.15) is 18.4 Å². The van der Waals surface area contributed by atoms with Crippen LogP contribution in [0.4, 0.5) is 30.4 Å². The molecule has 0 spiro atoms. The predicted octanol–water partition coefficient (Wildman–Crippen LogP) is 5.49. The summed E-state index contributed by atoms with van der Waals surface area (Å²) in [4.78, 5) is 29.8. The van der Waals surface area contributed by atoms with E-state index in [1.54, 1.807) is 24.3 Å². The fourth-order valence-electron chi connectivity index (χ4n) is 3.12. The van der Waals surface area contributed by atoms with Crippen LogP contribution in [0.25, 0.3) is 0 Å². The second kappa shape index (κ2) is 9.71. The number of hydrogen-bond acceptors (Lipinski definition) is 4. The van der Waals surface area contributed by atoms with Gasteiger partial charge in [0.1, 0.15) is 5.82 Å². The number of nitrogens with one attached hydrogen (secondary N) is 1. The first-order chi connectivity index (χ1) is 15.6. The number of benzene rings is 2. The number of aromatic nitrogens is 1. The molecule has 0 aliphatic carbocycles. The first kappa shape index (κ1) is 23.8. The largest absolute Gasteiger partial charge is 0.417 e. The minimum atomic E-state index is -4.79. The number of halogens is 4. The zero-order valence-corrected chi connectivity index (χ0v) is 17.9. The maximum Gasteiger partial charge on any atom is 0.417 e. The summed E-state index contributed by atoms with van der Waals surface area (Å²) in [6, 6.07) is 14.1. The number of carbonyl (C=O) groups excluding carboxylic acids is 2. The van der Waals surface area contributed by atoms with Gasteiger partial charge in [-0.1, -0.05) is 29.8 Å². The van der Waals surface area contributed by atoms with Crippen molar-refractivity contribution in [3.63, 3.8) is 0 Å². The quantitative estimate of drug-likeness (QED) is 0.532. The molecule has 1 heterocycles. The van der Waals surface area contributed by atoms with Crippen LogP contribution in [0.1, 0.15) is 23.6 Å². The summed E-state index contributed by atoms with van der Waals surface area (Å²) in [5.74, 6) is -0.997. The van der Waals surface area contributed by atoms with Crippen LogP contribution in [0.5, 0.6) is 0 Å². The minimum absolute atomic E-state index is 0.00167. The molecule has 10 heteroatoms. The average molecular weight is 473 g/mol. The van der Waals surface area contributed by atoms with E-state index in [-0.39, 0.29) is 29.5 Å². The van der Waals surface area contributed by atoms with Crippen molar-refractivity contribution in [2.75, 3.05) is 10.2 Å². The van der Waals surface area contributed by atoms with E-state index >= 15 is 0 Å². The monoisotopic (exact) mass is 472 g/mol. The van der Waals surface area contributed by atoms with E-state index in [0.29, 0.717) is 16.7 Å². The maximum atomic E-state index is 13.4. The molecule has 168 valence electrons. The first-order valence-electron chi connectivity index (χ1n) is 9.51. The van der Waals surface area contributed by atoms with Crippen LogP contribution in [0.3, 0.4) is 0 Å².